The summed E-state index contributed by atoms with van der Waals surface area (Å²) in [5.74, 6) is -0.326. The Morgan fingerprint density at radius 1 is 1.37 bits per heavy atom. The molecule has 100 valence electrons. The van der Waals surface area contributed by atoms with Crippen molar-refractivity contribution in [1.82, 2.24) is 14.5 Å². The lowest BCUT2D eigenvalue weighted by Gasteiger charge is -2.27. The molecule has 0 atom stereocenters. The molecule has 0 radical (unpaired) electrons. The summed E-state index contributed by atoms with van der Waals surface area (Å²) in [7, 11) is 1.55. The van der Waals surface area contributed by atoms with Crippen molar-refractivity contribution in [3.8, 4) is 0 Å². The molecule has 0 amide bonds. The standard InChI is InChI=1S/C13H14FN3O2/c1-16-10-4-2-3-9(14)11(10)12(18)17(13(16)19)7-8-5-15-6-8/h2-4,8,15H,5-7H2,1H3. The zero-order valence-corrected chi connectivity index (χ0v) is 10.5. The SMILES string of the molecule is Cn1c(=O)n(CC2CNC2)c(=O)c2c(F)cccc21. The Hall–Kier alpha value is -1.95. The lowest BCUT2D eigenvalue weighted by atomic mass is 10.0. The Morgan fingerprint density at radius 3 is 2.74 bits per heavy atom. The van der Waals surface area contributed by atoms with Gasteiger partial charge in [0.15, 0.2) is 0 Å². The molecule has 1 saturated heterocycles. The van der Waals surface area contributed by atoms with Crippen LogP contribution in [0.1, 0.15) is 0 Å². The molecule has 1 aromatic heterocycles. The second-order valence-corrected chi connectivity index (χ2v) is 4.92. The zero-order chi connectivity index (χ0) is 13.6. The van der Waals surface area contributed by atoms with Crippen LogP contribution < -0.4 is 16.6 Å². The number of halogens is 1. The third kappa shape index (κ3) is 1.79. The van der Waals surface area contributed by atoms with Gasteiger partial charge in [-0.1, -0.05) is 6.07 Å². The minimum atomic E-state index is -0.585. The van der Waals surface area contributed by atoms with E-state index in [1.165, 1.54) is 16.7 Å². The third-order valence-corrected chi connectivity index (χ3v) is 3.64. The average Bonchev–Trinajstić information content (AvgIpc) is 2.33. The molecular formula is C13H14FN3O2. The van der Waals surface area contributed by atoms with Gasteiger partial charge in [0.2, 0.25) is 0 Å². The number of hydrogen-bond acceptors (Lipinski definition) is 3. The number of fused-ring (bicyclic) bond motifs is 1. The van der Waals surface area contributed by atoms with Gasteiger partial charge < -0.3 is 5.32 Å². The molecule has 2 aromatic rings. The normalized spacial score (nSPS) is 15.7. The van der Waals surface area contributed by atoms with Gasteiger partial charge in [-0.05, 0) is 12.1 Å². The summed E-state index contributed by atoms with van der Waals surface area (Å²) < 4.78 is 16.3. The van der Waals surface area contributed by atoms with Gasteiger partial charge in [0.05, 0.1) is 10.9 Å². The highest BCUT2D eigenvalue weighted by molar-refractivity contribution is 5.78. The second kappa shape index (κ2) is 4.31. The van der Waals surface area contributed by atoms with Crippen molar-refractivity contribution < 1.29 is 4.39 Å². The first kappa shape index (κ1) is 12.1. The highest BCUT2D eigenvalue weighted by Crippen LogP contribution is 2.12. The summed E-state index contributed by atoms with van der Waals surface area (Å²) in [6.07, 6.45) is 0. The lowest BCUT2D eigenvalue weighted by molar-refractivity contribution is 0.298. The van der Waals surface area contributed by atoms with E-state index in [2.05, 4.69) is 5.32 Å². The highest BCUT2D eigenvalue weighted by Gasteiger charge is 2.21. The number of nitrogens with one attached hydrogen (secondary N) is 1. The molecule has 19 heavy (non-hydrogen) atoms. The first-order valence-corrected chi connectivity index (χ1v) is 6.18. The molecule has 0 bridgehead atoms. The maximum atomic E-state index is 13.8. The summed E-state index contributed by atoms with van der Waals surface area (Å²) in [6, 6.07) is 4.32. The van der Waals surface area contributed by atoms with E-state index < -0.39 is 17.1 Å². The predicted molar refractivity (Wildman–Crippen MR) is 69.8 cm³/mol. The molecule has 0 saturated carbocycles. The van der Waals surface area contributed by atoms with Gasteiger partial charge in [-0.3, -0.25) is 13.9 Å². The highest BCUT2D eigenvalue weighted by atomic mass is 19.1. The molecule has 1 aliphatic heterocycles. The quantitative estimate of drug-likeness (QED) is 0.833. The Bertz CT molecular complexity index is 759. The topological polar surface area (TPSA) is 56.0 Å². The molecule has 0 aliphatic carbocycles. The van der Waals surface area contributed by atoms with E-state index >= 15 is 0 Å². The van der Waals surface area contributed by atoms with Gasteiger partial charge in [-0.15, -0.1) is 0 Å². The molecule has 6 heteroatoms. The van der Waals surface area contributed by atoms with Crippen LogP contribution in [-0.2, 0) is 13.6 Å². The molecule has 1 fully saturated rings. The van der Waals surface area contributed by atoms with E-state index in [-0.39, 0.29) is 11.3 Å². The third-order valence-electron chi connectivity index (χ3n) is 3.64. The van der Waals surface area contributed by atoms with Crippen LogP contribution in [0.25, 0.3) is 10.9 Å². The van der Waals surface area contributed by atoms with Crippen LogP contribution in [0.3, 0.4) is 0 Å². The number of aromatic nitrogens is 2. The molecule has 0 spiro atoms. The van der Waals surface area contributed by atoms with E-state index in [0.29, 0.717) is 12.1 Å². The second-order valence-electron chi connectivity index (χ2n) is 4.92. The lowest BCUT2D eigenvalue weighted by Crippen LogP contribution is -2.49. The van der Waals surface area contributed by atoms with Crippen molar-refractivity contribution in [2.24, 2.45) is 13.0 Å². The number of rotatable bonds is 2. The van der Waals surface area contributed by atoms with Crippen molar-refractivity contribution in [2.45, 2.75) is 6.54 Å². The fourth-order valence-electron chi connectivity index (χ4n) is 2.41. The maximum Gasteiger partial charge on any atom is 0.331 e. The Balaban J connectivity index is 2.30. The van der Waals surface area contributed by atoms with Crippen molar-refractivity contribution in [3.05, 3.63) is 44.9 Å². The monoisotopic (exact) mass is 263 g/mol. The van der Waals surface area contributed by atoms with Gasteiger partial charge >= 0.3 is 5.69 Å². The van der Waals surface area contributed by atoms with E-state index in [0.717, 1.165) is 17.7 Å². The van der Waals surface area contributed by atoms with Crippen molar-refractivity contribution in [3.63, 3.8) is 0 Å². The van der Waals surface area contributed by atoms with E-state index in [1.807, 2.05) is 0 Å². The summed E-state index contributed by atoms with van der Waals surface area (Å²) in [5, 5.41) is 3.07. The van der Waals surface area contributed by atoms with Crippen LogP contribution in [0.4, 0.5) is 4.39 Å². The van der Waals surface area contributed by atoms with Gasteiger partial charge in [0, 0.05) is 32.6 Å². The largest absolute Gasteiger partial charge is 0.331 e. The van der Waals surface area contributed by atoms with Crippen LogP contribution in [0.15, 0.2) is 27.8 Å². The van der Waals surface area contributed by atoms with Crippen molar-refractivity contribution in [1.29, 1.82) is 0 Å². The van der Waals surface area contributed by atoms with Crippen LogP contribution in [0.2, 0.25) is 0 Å². The van der Waals surface area contributed by atoms with E-state index in [4.69, 9.17) is 0 Å². The predicted octanol–water partition coefficient (Wildman–Crippen LogP) is 0.0587. The average molecular weight is 263 g/mol. The molecule has 1 aliphatic rings. The molecular weight excluding hydrogens is 249 g/mol. The Labute approximate surface area is 108 Å². The van der Waals surface area contributed by atoms with Crippen molar-refractivity contribution in [2.75, 3.05) is 13.1 Å². The summed E-state index contributed by atoms with van der Waals surface area (Å²) in [6.45, 7) is 1.90. The van der Waals surface area contributed by atoms with Gasteiger partial charge in [-0.2, -0.15) is 0 Å². The molecule has 3 rings (SSSR count). The maximum absolute atomic E-state index is 13.8. The number of hydrogen-bond donors (Lipinski definition) is 1. The summed E-state index contributed by atoms with van der Waals surface area (Å²) >= 11 is 0. The minimum Gasteiger partial charge on any atom is -0.316 e. The van der Waals surface area contributed by atoms with Gasteiger partial charge in [0.25, 0.3) is 5.56 Å². The van der Waals surface area contributed by atoms with Gasteiger partial charge in [0.1, 0.15) is 5.82 Å². The summed E-state index contributed by atoms with van der Waals surface area (Å²) in [4.78, 5) is 24.5. The minimum absolute atomic E-state index is 0.0168. The number of benzene rings is 1. The van der Waals surface area contributed by atoms with E-state index in [9.17, 15) is 14.0 Å². The molecule has 0 unspecified atom stereocenters. The molecule has 1 N–H and O–H groups in total. The van der Waals surface area contributed by atoms with Crippen LogP contribution in [0, 0.1) is 11.7 Å². The number of aryl methyl sites for hydroxylation is 1. The van der Waals surface area contributed by atoms with E-state index in [1.54, 1.807) is 13.1 Å². The van der Waals surface area contributed by atoms with Crippen LogP contribution >= 0.6 is 0 Å². The van der Waals surface area contributed by atoms with Crippen molar-refractivity contribution >= 4 is 10.9 Å². The zero-order valence-electron chi connectivity index (χ0n) is 10.5. The Kier molecular flexibility index (Phi) is 2.74. The fourth-order valence-corrected chi connectivity index (χ4v) is 2.41. The molecule has 5 nitrogen and oxygen atoms in total. The number of nitrogens with zero attached hydrogens (tertiary/aromatic N) is 2. The molecule has 2 heterocycles. The Morgan fingerprint density at radius 2 is 2.11 bits per heavy atom. The smallest absolute Gasteiger partial charge is 0.316 e. The fraction of sp³-hybridized carbons (Fsp3) is 0.385. The summed E-state index contributed by atoms with van der Waals surface area (Å²) in [5.41, 5.74) is -0.601. The molecule has 1 aromatic carbocycles. The van der Waals surface area contributed by atoms with Gasteiger partial charge in [-0.25, -0.2) is 9.18 Å². The first-order valence-electron chi connectivity index (χ1n) is 6.18. The van der Waals surface area contributed by atoms with Crippen LogP contribution in [0.5, 0.6) is 0 Å². The van der Waals surface area contributed by atoms with Crippen LogP contribution in [-0.4, -0.2) is 22.2 Å². The first-order chi connectivity index (χ1) is 9.09.